The highest BCUT2D eigenvalue weighted by Gasteiger charge is 2.17. The summed E-state index contributed by atoms with van der Waals surface area (Å²) in [5, 5.41) is 0. The first-order valence-corrected chi connectivity index (χ1v) is 11.7. The van der Waals surface area contributed by atoms with Crippen LogP contribution in [0.5, 0.6) is 0 Å². The first-order chi connectivity index (χ1) is 16.1. The first kappa shape index (κ1) is 24.9. The maximum Gasteiger partial charge on any atom is 0.102 e. The second kappa shape index (κ2) is 13.7. The minimum absolute atomic E-state index is 0.0974. The molecule has 33 heavy (non-hydrogen) atoms. The van der Waals surface area contributed by atoms with Gasteiger partial charge in [-0.3, -0.25) is 0 Å². The molecule has 0 radical (unpaired) electrons. The molecule has 0 N–H and O–H groups in total. The van der Waals surface area contributed by atoms with Crippen molar-refractivity contribution in [2.75, 3.05) is 6.61 Å². The van der Waals surface area contributed by atoms with Crippen LogP contribution in [-0.2, 0) is 34.0 Å². The van der Waals surface area contributed by atoms with Crippen molar-refractivity contribution in [3.05, 3.63) is 119 Å². The molecule has 0 heterocycles. The highest BCUT2D eigenvalue weighted by atomic mass is 16.5. The maximum absolute atomic E-state index is 6.30. The van der Waals surface area contributed by atoms with E-state index in [1.54, 1.807) is 0 Å². The van der Waals surface area contributed by atoms with Gasteiger partial charge in [0.05, 0.1) is 32.5 Å². The topological polar surface area (TPSA) is 27.7 Å². The average molecular weight is 445 g/mol. The van der Waals surface area contributed by atoms with Gasteiger partial charge >= 0.3 is 0 Å². The molecular formula is C30H36O3. The Hall–Kier alpha value is -2.72. The van der Waals surface area contributed by atoms with Gasteiger partial charge in [0, 0.05) is 5.92 Å². The molecular weight excluding hydrogens is 408 g/mol. The third-order valence-corrected chi connectivity index (χ3v) is 5.80. The first-order valence-electron chi connectivity index (χ1n) is 11.7. The van der Waals surface area contributed by atoms with Crippen molar-refractivity contribution < 1.29 is 14.2 Å². The zero-order valence-corrected chi connectivity index (χ0v) is 20.0. The van der Waals surface area contributed by atoms with Gasteiger partial charge in [0.1, 0.15) is 6.10 Å². The molecule has 0 aliphatic rings. The molecule has 3 aromatic rings. The molecule has 3 aromatic carbocycles. The lowest BCUT2D eigenvalue weighted by Crippen LogP contribution is -2.23. The second-order valence-electron chi connectivity index (χ2n) is 8.56. The van der Waals surface area contributed by atoms with Crippen molar-refractivity contribution in [1.29, 1.82) is 0 Å². The third kappa shape index (κ3) is 8.97. The van der Waals surface area contributed by atoms with Crippen molar-refractivity contribution in [2.45, 2.75) is 52.8 Å². The normalized spacial score (nSPS) is 14.6. The van der Waals surface area contributed by atoms with E-state index >= 15 is 0 Å². The summed E-state index contributed by atoms with van der Waals surface area (Å²) in [7, 11) is 0. The van der Waals surface area contributed by atoms with Gasteiger partial charge in [-0.15, -0.1) is 0 Å². The van der Waals surface area contributed by atoms with Crippen LogP contribution >= 0.6 is 0 Å². The standard InChI is InChI=1S/C30H36O3/c1-24(26(3)32-21-28-15-9-5-10-16-28)19-25(2)30(33-22-29-17-11-6-12-18-29)23-31-20-27-13-7-4-8-14-27/h4-19,24,26,30H,20-23H2,1-3H3/b25-19+/t24-,26-,30+/m0/s1. The van der Waals surface area contributed by atoms with Gasteiger partial charge in [0.2, 0.25) is 0 Å². The van der Waals surface area contributed by atoms with Crippen LogP contribution in [0.25, 0.3) is 0 Å². The fourth-order valence-corrected chi connectivity index (χ4v) is 3.55. The van der Waals surface area contributed by atoms with E-state index < -0.39 is 0 Å². The van der Waals surface area contributed by atoms with Crippen LogP contribution in [0.3, 0.4) is 0 Å². The van der Waals surface area contributed by atoms with Gasteiger partial charge in [-0.05, 0) is 36.1 Å². The molecule has 0 spiro atoms. The fraction of sp³-hybridized carbons (Fsp3) is 0.333. The van der Waals surface area contributed by atoms with Crippen LogP contribution in [0.15, 0.2) is 103 Å². The van der Waals surface area contributed by atoms with Crippen molar-refractivity contribution in [3.63, 3.8) is 0 Å². The zero-order valence-electron chi connectivity index (χ0n) is 20.0. The smallest absolute Gasteiger partial charge is 0.102 e. The molecule has 3 atom stereocenters. The minimum Gasteiger partial charge on any atom is -0.374 e. The summed E-state index contributed by atoms with van der Waals surface area (Å²) in [4.78, 5) is 0. The van der Waals surface area contributed by atoms with E-state index in [1.165, 1.54) is 11.1 Å². The van der Waals surface area contributed by atoms with E-state index in [9.17, 15) is 0 Å². The largest absolute Gasteiger partial charge is 0.374 e. The Morgan fingerprint density at radius 1 is 0.667 bits per heavy atom. The summed E-state index contributed by atoms with van der Waals surface area (Å²) in [5.41, 5.74) is 4.68. The Morgan fingerprint density at radius 2 is 1.12 bits per heavy atom. The van der Waals surface area contributed by atoms with Gasteiger partial charge < -0.3 is 14.2 Å². The summed E-state index contributed by atoms with van der Waals surface area (Å²) in [6.07, 6.45) is 2.25. The predicted molar refractivity (Wildman–Crippen MR) is 135 cm³/mol. The van der Waals surface area contributed by atoms with E-state index in [4.69, 9.17) is 14.2 Å². The Balaban J connectivity index is 1.58. The highest BCUT2D eigenvalue weighted by Crippen LogP contribution is 2.18. The molecule has 3 heteroatoms. The predicted octanol–water partition coefficient (Wildman–Crippen LogP) is 6.98. The monoisotopic (exact) mass is 444 g/mol. The molecule has 0 aliphatic carbocycles. The van der Waals surface area contributed by atoms with Crippen molar-refractivity contribution >= 4 is 0 Å². The lowest BCUT2D eigenvalue weighted by Gasteiger charge is -2.23. The van der Waals surface area contributed by atoms with E-state index in [1.807, 2.05) is 54.6 Å². The Morgan fingerprint density at radius 3 is 1.64 bits per heavy atom. The molecule has 0 amide bonds. The van der Waals surface area contributed by atoms with E-state index in [-0.39, 0.29) is 18.1 Å². The molecule has 0 saturated heterocycles. The SMILES string of the molecule is C/C(=C\[C@H](C)[C@H](C)OCc1ccccc1)[C@@H](COCc1ccccc1)OCc1ccccc1. The number of hydrogen-bond donors (Lipinski definition) is 0. The number of rotatable bonds is 13. The van der Waals surface area contributed by atoms with Crippen molar-refractivity contribution in [1.82, 2.24) is 0 Å². The van der Waals surface area contributed by atoms with Gasteiger partial charge in [0.15, 0.2) is 0 Å². The van der Waals surface area contributed by atoms with Gasteiger partial charge in [-0.1, -0.05) is 104 Å². The van der Waals surface area contributed by atoms with Crippen LogP contribution < -0.4 is 0 Å². The quantitative estimate of drug-likeness (QED) is 0.266. The van der Waals surface area contributed by atoms with Crippen LogP contribution in [0, 0.1) is 5.92 Å². The third-order valence-electron chi connectivity index (χ3n) is 5.80. The summed E-state index contributed by atoms with van der Waals surface area (Å²) in [5.74, 6) is 0.255. The number of ether oxygens (including phenoxy) is 3. The van der Waals surface area contributed by atoms with Gasteiger partial charge in [-0.2, -0.15) is 0 Å². The van der Waals surface area contributed by atoms with Crippen LogP contribution in [0.1, 0.15) is 37.5 Å². The molecule has 0 saturated carbocycles. The van der Waals surface area contributed by atoms with Gasteiger partial charge in [0.25, 0.3) is 0 Å². The molecule has 0 fully saturated rings. The number of hydrogen-bond acceptors (Lipinski definition) is 3. The Kier molecular flexibility index (Phi) is 10.4. The van der Waals surface area contributed by atoms with E-state index in [2.05, 4.69) is 63.2 Å². The molecule has 0 aromatic heterocycles. The van der Waals surface area contributed by atoms with Crippen LogP contribution in [0.4, 0.5) is 0 Å². The fourth-order valence-electron chi connectivity index (χ4n) is 3.55. The minimum atomic E-state index is -0.113. The molecule has 3 nitrogen and oxygen atoms in total. The summed E-state index contributed by atoms with van der Waals surface area (Å²) in [6.45, 7) is 8.71. The van der Waals surface area contributed by atoms with Crippen molar-refractivity contribution in [3.8, 4) is 0 Å². The molecule has 3 rings (SSSR count). The Bertz CT molecular complexity index is 938. The molecule has 0 unspecified atom stereocenters. The lowest BCUT2D eigenvalue weighted by molar-refractivity contribution is -0.0120. The van der Waals surface area contributed by atoms with Gasteiger partial charge in [-0.25, -0.2) is 0 Å². The molecule has 174 valence electrons. The maximum atomic E-state index is 6.30. The summed E-state index contributed by atoms with van der Waals surface area (Å²) < 4.78 is 18.5. The number of benzene rings is 3. The molecule has 0 bridgehead atoms. The Labute approximate surface area is 199 Å². The van der Waals surface area contributed by atoms with E-state index in [0.717, 1.165) is 11.1 Å². The van der Waals surface area contributed by atoms with Crippen LogP contribution in [-0.4, -0.2) is 18.8 Å². The van der Waals surface area contributed by atoms with Crippen molar-refractivity contribution in [2.24, 2.45) is 5.92 Å². The highest BCUT2D eigenvalue weighted by molar-refractivity contribution is 5.16. The summed E-state index contributed by atoms with van der Waals surface area (Å²) >= 11 is 0. The van der Waals surface area contributed by atoms with E-state index in [0.29, 0.717) is 26.4 Å². The average Bonchev–Trinajstić information content (AvgIpc) is 2.86. The van der Waals surface area contributed by atoms with Crippen LogP contribution in [0.2, 0.25) is 0 Å². The molecule has 0 aliphatic heterocycles. The zero-order chi connectivity index (χ0) is 23.3. The second-order valence-corrected chi connectivity index (χ2v) is 8.56. The summed E-state index contributed by atoms with van der Waals surface area (Å²) in [6, 6.07) is 30.8. The lowest BCUT2D eigenvalue weighted by atomic mass is 10.0.